The van der Waals surface area contributed by atoms with E-state index >= 15 is 0 Å². The minimum absolute atomic E-state index is 1.09. The van der Waals surface area contributed by atoms with Gasteiger partial charge in [-0.1, -0.05) is 18.2 Å². The molecule has 0 bridgehead atoms. The van der Waals surface area contributed by atoms with Crippen molar-refractivity contribution in [3.05, 3.63) is 49.4 Å². The van der Waals surface area contributed by atoms with Gasteiger partial charge in [0.25, 0.3) is 0 Å². The Labute approximate surface area is 86.2 Å². The molecule has 15 heavy (non-hydrogen) atoms. The van der Waals surface area contributed by atoms with E-state index in [2.05, 4.69) is 25.1 Å². The van der Waals surface area contributed by atoms with Crippen molar-refractivity contribution in [3.63, 3.8) is 0 Å². The van der Waals surface area contributed by atoms with Crippen LogP contribution in [0.5, 0.6) is 0 Å². The van der Waals surface area contributed by atoms with Crippen LogP contribution in [0.1, 0.15) is 0 Å². The highest BCUT2D eigenvalue weighted by Gasteiger charge is 1.88. The van der Waals surface area contributed by atoms with Crippen molar-refractivity contribution in [2.24, 2.45) is 0 Å². The van der Waals surface area contributed by atoms with E-state index in [4.69, 9.17) is 0 Å². The number of hydrogen-bond donors (Lipinski definition) is 1. The fourth-order valence-electron chi connectivity index (χ4n) is 1.09. The van der Waals surface area contributed by atoms with E-state index in [-0.39, 0.29) is 0 Å². The topological polar surface area (TPSA) is 67.3 Å². The van der Waals surface area contributed by atoms with Gasteiger partial charge in [-0.2, -0.15) is 5.10 Å². The monoisotopic (exact) mass is 199 g/mol. The minimum atomic E-state index is 1.09. The van der Waals surface area contributed by atoms with Gasteiger partial charge in [0, 0.05) is 5.39 Å². The highest BCUT2D eigenvalue weighted by Crippen LogP contribution is 2.06. The molecule has 0 fully saturated rings. The Morgan fingerprint density at radius 2 is 1.53 bits per heavy atom. The van der Waals surface area contributed by atoms with E-state index in [9.17, 15) is 0 Å². The average Bonchev–Trinajstić information content (AvgIpc) is 2.80. The Bertz CT molecular complexity index is 448. The zero-order chi connectivity index (χ0) is 10.3. The predicted octanol–water partition coefficient (Wildman–Crippen LogP) is 1.43. The number of nitrogens with zero attached hydrogens (tertiary/aromatic N) is 4. The van der Waals surface area contributed by atoms with Crippen LogP contribution in [-0.4, -0.2) is 25.1 Å². The van der Waals surface area contributed by atoms with Gasteiger partial charge in [-0.15, -0.1) is 0 Å². The Balaban J connectivity index is 0.000000124. The third kappa shape index (κ3) is 2.57. The van der Waals surface area contributed by atoms with Gasteiger partial charge in [0.1, 0.15) is 19.0 Å². The molecule has 2 aromatic heterocycles. The standard InChI is InChI=1S/C7H6N2.C3H3N3/c1-2-4-7-6(3-1)5-8-9-7;1-4-2-6-3-5-1/h1-5H,(H,8,9);1-3H. The van der Waals surface area contributed by atoms with Crippen LogP contribution < -0.4 is 0 Å². The molecule has 1 N–H and O–H groups in total. The van der Waals surface area contributed by atoms with E-state index in [1.54, 1.807) is 0 Å². The van der Waals surface area contributed by atoms with Crippen LogP contribution in [0.15, 0.2) is 49.4 Å². The number of rotatable bonds is 0. The summed E-state index contributed by atoms with van der Waals surface area (Å²) in [6.07, 6.45) is 6.13. The number of para-hydroxylation sites is 1. The Morgan fingerprint density at radius 1 is 0.867 bits per heavy atom. The number of aromatic nitrogens is 5. The molecule has 2 heterocycles. The minimum Gasteiger partial charge on any atom is -0.278 e. The summed E-state index contributed by atoms with van der Waals surface area (Å²) in [5.41, 5.74) is 1.09. The number of aromatic amines is 1. The Morgan fingerprint density at radius 3 is 2.13 bits per heavy atom. The second-order valence-corrected chi connectivity index (χ2v) is 2.75. The summed E-state index contributed by atoms with van der Waals surface area (Å²) in [5.74, 6) is 0. The lowest BCUT2D eigenvalue weighted by atomic mass is 10.3. The molecule has 0 saturated heterocycles. The average molecular weight is 199 g/mol. The van der Waals surface area contributed by atoms with Gasteiger partial charge in [0.2, 0.25) is 0 Å². The molecule has 0 saturated carbocycles. The maximum atomic E-state index is 3.88. The van der Waals surface area contributed by atoms with Crippen LogP contribution in [0.3, 0.4) is 0 Å². The lowest BCUT2D eigenvalue weighted by Crippen LogP contribution is -1.73. The van der Waals surface area contributed by atoms with Crippen molar-refractivity contribution < 1.29 is 0 Å². The first-order chi connectivity index (χ1) is 7.47. The lowest BCUT2D eigenvalue weighted by molar-refractivity contribution is 1.05. The van der Waals surface area contributed by atoms with Crippen LogP contribution in [0, 0.1) is 0 Å². The molecule has 5 heteroatoms. The Kier molecular flexibility index (Phi) is 2.97. The number of hydrogen-bond acceptors (Lipinski definition) is 4. The molecule has 0 aliphatic rings. The van der Waals surface area contributed by atoms with Gasteiger partial charge in [-0.3, -0.25) is 5.10 Å². The largest absolute Gasteiger partial charge is 0.278 e. The van der Waals surface area contributed by atoms with Crippen LogP contribution in [0.2, 0.25) is 0 Å². The second-order valence-electron chi connectivity index (χ2n) is 2.75. The van der Waals surface area contributed by atoms with E-state index in [0.29, 0.717) is 0 Å². The summed E-state index contributed by atoms with van der Waals surface area (Å²) in [6.45, 7) is 0. The molecule has 5 nitrogen and oxygen atoms in total. The van der Waals surface area contributed by atoms with Crippen molar-refractivity contribution in [2.75, 3.05) is 0 Å². The molecule has 0 radical (unpaired) electrons. The quantitative estimate of drug-likeness (QED) is 0.594. The van der Waals surface area contributed by atoms with Gasteiger partial charge in [0.15, 0.2) is 0 Å². The number of H-pyrrole nitrogens is 1. The third-order valence-electron chi connectivity index (χ3n) is 1.75. The zero-order valence-electron chi connectivity index (χ0n) is 7.91. The summed E-state index contributed by atoms with van der Waals surface area (Å²) in [6, 6.07) is 8.01. The summed E-state index contributed by atoms with van der Waals surface area (Å²) >= 11 is 0. The molecule has 0 aliphatic carbocycles. The first-order valence-electron chi connectivity index (χ1n) is 4.40. The molecular formula is C10H9N5. The third-order valence-corrected chi connectivity index (χ3v) is 1.75. The highest BCUT2D eigenvalue weighted by atomic mass is 15.1. The molecule has 0 spiro atoms. The molecule has 74 valence electrons. The van der Waals surface area contributed by atoms with E-state index in [0.717, 1.165) is 10.9 Å². The van der Waals surface area contributed by atoms with Gasteiger partial charge in [-0.25, -0.2) is 15.0 Å². The summed E-state index contributed by atoms with van der Waals surface area (Å²) in [7, 11) is 0. The lowest BCUT2D eigenvalue weighted by Gasteiger charge is -1.81. The van der Waals surface area contributed by atoms with E-state index in [1.165, 1.54) is 19.0 Å². The van der Waals surface area contributed by atoms with E-state index < -0.39 is 0 Å². The van der Waals surface area contributed by atoms with Crippen LogP contribution in [0.4, 0.5) is 0 Å². The van der Waals surface area contributed by atoms with Gasteiger partial charge >= 0.3 is 0 Å². The fourth-order valence-corrected chi connectivity index (χ4v) is 1.09. The highest BCUT2D eigenvalue weighted by molar-refractivity contribution is 5.77. The first kappa shape index (κ1) is 9.26. The predicted molar refractivity (Wildman–Crippen MR) is 55.9 cm³/mol. The molecule has 0 atom stereocenters. The molecular weight excluding hydrogens is 190 g/mol. The summed E-state index contributed by atoms with van der Waals surface area (Å²) in [5, 5.41) is 7.91. The molecule has 3 aromatic rings. The zero-order valence-corrected chi connectivity index (χ0v) is 7.91. The van der Waals surface area contributed by atoms with Crippen LogP contribution in [-0.2, 0) is 0 Å². The molecule has 0 amide bonds. The van der Waals surface area contributed by atoms with Crippen molar-refractivity contribution >= 4 is 10.9 Å². The normalized spacial score (nSPS) is 9.33. The van der Waals surface area contributed by atoms with Gasteiger partial charge in [0.05, 0.1) is 11.7 Å². The summed E-state index contributed by atoms with van der Waals surface area (Å²) in [4.78, 5) is 10.7. The second kappa shape index (κ2) is 4.80. The SMILES string of the molecule is c1ccc2[nH]ncc2c1.c1ncncn1. The van der Waals surface area contributed by atoms with Crippen molar-refractivity contribution in [2.45, 2.75) is 0 Å². The maximum absolute atomic E-state index is 3.88. The van der Waals surface area contributed by atoms with Crippen molar-refractivity contribution in [1.29, 1.82) is 0 Å². The first-order valence-corrected chi connectivity index (χ1v) is 4.40. The maximum Gasteiger partial charge on any atom is 0.119 e. The summed E-state index contributed by atoms with van der Waals surface area (Å²) < 4.78 is 0. The van der Waals surface area contributed by atoms with E-state index in [1.807, 2.05) is 30.5 Å². The molecule has 1 aromatic carbocycles. The Hall–Kier alpha value is -2.30. The van der Waals surface area contributed by atoms with Crippen molar-refractivity contribution in [3.8, 4) is 0 Å². The van der Waals surface area contributed by atoms with Crippen LogP contribution in [0.25, 0.3) is 10.9 Å². The smallest absolute Gasteiger partial charge is 0.119 e. The number of nitrogens with one attached hydrogen (secondary N) is 1. The van der Waals surface area contributed by atoms with Crippen molar-refractivity contribution in [1.82, 2.24) is 25.1 Å². The number of benzene rings is 1. The van der Waals surface area contributed by atoms with Crippen LogP contribution >= 0.6 is 0 Å². The molecule has 3 rings (SSSR count). The van der Waals surface area contributed by atoms with Gasteiger partial charge < -0.3 is 0 Å². The fraction of sp³-hybridized carbons (Fsp3) is 0. The number of fused-ring (bicyclic) bond motifs is 1. The molecule has 0 aliphatic heterocycles. The van der Waals surface area contributed by atoms with Gasteiger partial charge in [-0.05, 0) is 6.07 Å². The molecule has 0 unspecified atom stereocenters.